The van der Waals surface area contributed by atoms with Gasteiger partial charge >= 0.3 is 5.97 Å². The number of halogens is 1. The van der Waals surface area contributed by atoms with E-state index in [1.54, 1.807) is 0 Å². The molecule has 1 N–H and O–H groups in total. The molecular formula is C13H9ClO2S. The van der Waals surface area contributed by atoms with Gasteiger partial charge in [-0.1, -0.05) is 35.9 Å². The van der Waals surface area contributed by atoms with Gasteiger partial charge in [-0.05, 0) is 24.0 Å². The largest absolute Gasteiger partial charge is 0.478 e. The van der Waals surface area contributed by atoms with Crippen LogP contribution in [0.4, 0.5) is 0 Å². The van der Waals surface area contributed by atoms with E-state index in [9.17, 15) is 9.90 Å². The molecule has 0 radical (unpaired) electrons. The number of aryl methyl sites for hydroxylation is 2. The van der Waals surface area contributed by atoms with Crippen molar-refractivity contribution in [2.24, 2.45) is 0 Å². The van der Waals surface area contributed by atoms with Crippen molar-refractivity contribution in [2.75, 3.05) is 0 Å². The molecule has 0 aliphatic heterocycles. The van der Waals surface area contributed by atoms with Gasteiger partial charge in [0.05, 0.1) is 5.56 Å². The summed E-state index contributed by atoms with van der Waals surface area (Å²) in [6, 6.07) is 7.95. The number of hydrogen-bond acceptors (Lipinski definition) is 2. The summed E-state index contributed by atoms with van der Waals surface area (Å²) in [5.74, 6) is -0.941. The van der Waals surface area contributed by atoms with Crippen molar-refractivity contribution in [3.05, 3.63) is 44.6 Å². The molecule has 1 heterocycles. The Morgan fingerprint density at radius 1 is 1.29 bits per heavy atom. The molecule has 0 amide bonds. The highest BCUT2D eigenvalue weighted by Gasteiger charge is 2.27. The number of fused-ring (bicyclic) bond motifs is 3. The molecule has 0 saturated carbocycles. The van der Waals surface area contributed by atoms with Gasteiger partial charge < -0.3 is 5.11 Å². The second-order valence-electron chi connectivity index (χ2n) is 4.01. The number of rotatable bonds is 1. The van der Waals surface area contributed by atoms with Crippen LogP contribution in [0.5, 0.6) is 0 Å². The third-order valence-electron chi connectivity index (χ3n) is 3.06. The van der Waals surface area contributed by atoms with Gasteiger partial charge in [0.15, 0.2) is 0 Å². The van der Waals surface area contributed by atoms with Crippen LogP contribution in [0.2, 0.25) is 4.34 Å². The summed E-state index contributed by atoms with van der Waals surface area (Å²) in [7, 11) is 0. The lowest BCUT2D eigenvalue weighted by atomic mass is 9.88. The summed E-state index contributed by atoms with van der Waals surface area (Å²) in [5.41, 5.74) is 3.32. The number of benzene rings is 1. The minimum absolute atomic E-state index is 0.263. The van der Waals surface area contributed by atoms with E-state index >= 15 is 0 Å². The lowest BCUT2D eigenvalue weighted by Gasteiger charge is -2.16. The SMILES string of the molecule is O=C(O)c1c(Cl)sc2c1-c1ccccc1CC2. The van der Waals surface area contributed by atoms with Crippen LogP contribution in [0.3, 0.4) is 0 Å². The van der Waals surface area contributed by atoms with E-state index in [-0.39, 0.29) is 5.56 Å². The Kier molecular flexibility index (Phi) is 2.45. The Morgan fingerprint density at radius 2 is 2.06 bits per heavy atom. The number of carbonyl (C=O) groups is 1. The maximum absolute atomic E-state index is 11.3. The van der Waals surface area contributed by atoms with E-state index in [2.05, 4.69) is 6.07 Å². The third kappa shape index (κ3) is 1.58. The number of aromatic carboxylic acids is 1. The van der Waals surface area contributed by atoms with Gasteiger partial charge in [0.1, 0.15) is 4.34 Å². The number of thiophene rings is 1. The van der Waals surface area contributed by atoms with Gasteiger partial charge in [0.25, 0.3) is 0 Å². The first-order valence-electron chi connectivity index (χ1n) is 5.31. The van der Waals surface area contributed by atoms with Gasteiger partial charge in [-0.15, -0.1) is 11.3 Å². The Morgan fingerprint density at radius 3 is 2.82 bits per heavy atom. The second kappa shape index (κ2) is 3.86. The van der Waals surface area contributed by atoms with Crippen molar-refractivity contribution in [3.63, 3.8) is 0 Å². The van der Waals surface area contributed by atoms with E-state index in [1.165, 1.54) is 16.9 Å². The molecule has 2 aromatic rings. The molecule has 3 rings (SSSR count). The first-order chi connectivity index (χ1) is 8.18. The normalized spacial score (nSPS) is 13.0. The summed E-state index contributed by atoms with van der Waals surface area (Å²) >= 11 is 7.43. The van der Waals surface area contributed by atoms with Crippen LogP contribution in [0.15, 0.2) is 24.3 Å². The molecule has 1 aliphatic carbocycles. The Balaban J connectivity index is 2.34. The van der Waals surface area contributed by atoms with Crippen molar-refractivity contribution < 1.29 is 9.90 Å². The van der Waals surface area contributed by atoms with Crippen molar-refractivity contribution in [3.8, 4) is 11.1 Å². The molecule has 0 bridgehead atoms. The highest BCUT2D eigenvalue weighted by Crippen LogP contribution is 2.44. The topological polar surface area (TPSA) is 37.3 Å². The van der Waals surface area contributed by atoms with E-state index in [1.807, 2.05) is 18.2 Å². The van der Waals surface area contributed by atoms with E-state index in [4.69, 9.17) is 11.6 Å². The molecule has 0 unspecified atom stereocenters. The summed E-state index contributed by atoms with van der Waals surface area (Å²) in [6.07, 6.45) is 1.84. The average molecular weight is 265 g/mol. The zero-order valence-electron chi connectivity index (χ0n) is 8.87. The quantitative estimate of drug-likeness (QED) is 0.849. The van der Waals surface area contributed by atoms with Gasteiger partial charge in [-0.3, -0.25) is 0 Å². The summed E-state index contributed by atoms with van der Waals surface area (Å²) < 4.78 is 0.388. The summed E-state index contributed by atoms with van der Waals surface area (Å²) in [6.45, 7) is 0. The first kappa shape index (κ1) is 10.8. The fourth-order valence-corrected chi connectivity index (χ4v) is 3.81. The molecule has 4 heteroatoms. The molecule has 86 valence electrons. The highest BCUT2D eigenvalue weighted by molar-refractivity contribution is 7.17. The zero-order valence-corrected chi connectivity index (χ0v) is 10.4. The van der Waals surface area contributed by atoms with Crippen LogP contribution in [-0.4, -0.2) is 11.1 Å². The van der Waals surface area contributed by atoms with Crippen molar-refractivity contribution in [2.45, 2.75) is 12.8 Å². The average Bonchev–Trinajstić information content (AvgIpc) is 2.65. The molecule has 0 spiro atoms. The Bertz CT molecular complexity index is 616. The molecule has 1 aromatic heterocycles. The van der Waals surface area contributed by atoms with Gasteiger partial charge in [0, 0.05) is 10.4 Å². The maximum Gasteiger partial charge on any atom is 0.338 e. The molecule has 0 fully saturated rings. The monoisotopic (exact) mass is 264 g/mol. The first-order valence-corrected chi connectivity index (χ1v) is 6.50. The smallest absolute Gasteiger partial charge is 0.338 e. The van der Waals surface area contributed by atoms with E-state index in [0.717, 1.165) is 28.8 Å². The van der Waals surface area contributed by atoms with Gasteiger partial charge in [-0.25, -0.2) is 4.79 Å². The fraction of sp³-hybridized carbons (Fsp3) is 0.154. The zero-order chi connectivity index (χ0) is 12.0. The molecule has 0 atom stereocenters. The van der Waals surface area contributed by atoms with Gasteiger partial charge in [-0.2, -0.15) is 0 Å². The summed E-state index contributed by atoms with van der Waals surface area (Å²) in [5, 5.41) is 9.26. The highest BCUT2D eigenvalue weighted by atomic mass is 35.5. The molecule has 1 aromatic carbocycles. The second-order valence-corrected chi connectivity index (χ2v) is 5.72. The number of hydrogen-bond donors (Lipinski definition) is 1. The van der Waals surface area contributed by atoms with E-state index < -0.39 is 5.97 Å². The van der Waals surface area contributed by atoms with Crippen molar-refractivity contribution >= 4 is 28.9 Å². The molecule has 17 heavy (non-hydrogen) atoms. The molecule has 2 nitrogen and oxygen atoms in total. The summed E-state index contributed by atoms with van der Waals surface area (Å²) in [4.78, 5) is 12.4. The lowest BCUT2D eigenvalue weighted by Crippen LogP contribution is -2.05. The fourth-order valence-electron chi connectivity index (χ4n) is 2.33. The van der Waals surface area contributed by atoms with Crippen molar-refractivity contribution in [1.29, 1.82) is 0 Å². The third-order valence-corrected chi connectivity index (χ3v) is 4.52. The van der Waals surface area contributed by atoms with Crippen LogP contribution in [0.1, 0.15) is 20.8 Å². The Labute approximate surface area is 107 Å². The van der Waals surface area contributed by atoms with Crippen LogP contribution in [0, 0.1) is 0 Å². The predicted molar refractivity (Wildman–Crippen MR) is 69.1 cm³/mol. The van der Waals surface area contributed by atoms with Crippen LogP contribution in [0.25, 0.3) is 11.1 Å². The van der Waals surface area contributed by atoms with Gasteiger partial charge in [0.2, 0.25) is 0 Å². The molecular weight excluding hydrogens is 256 g/mol. The van der Waals surface area contributed by atoms with Crippen LogP contribution in [-0.2, 0) is 12.8 Å². The molecule has 0 saturated heterocycles. The van der Waals surface area contributed by atoms with Crippen molar-refractivity contribution in [1.82, 2.24) is 0 Å². The minimum Gasteiger partial charge on any atom is -0.478 e. The minimum atomic E-state index is -0.941. The standard InChI is InChI=1S/C13H9ClO2S/c14-12-11(13(15)16)10-8-4-2-1-3-7(8)5-6-9(10)17-12/h1-4H,5-6H2,(H,15,16). The molecule has 1 aliphatic rings. The predicted octanol–water partition coefficient (Wildman–Crippen LogP) is 3.87. The number of carboxylic acid groups (broad SMARTS) is 1. The maximum atomic E-state index is 11.3. The van der Waals surface area contributed by atoms with Crippen LogP contribution >= 0.6 is 22.9 Å². The Hall–Kier alpha value is -1.32. The number of carboxylic acids is 1. The lowest BCUT2D eigenvalue weighted by molar-refractivity contribution is 0.0698. The van der Waals surface area contributed by atoms with E-state index in [0.29, 0.717) is 4.34 Å². The van der Waals surface area contributed by atoms with Crippen LogP contribution < -0.4 is 0 Å².